The predicted octanol–water partition coefficient (Wildman–Crippen LogP) is 2.84. The highest BCUT2D eigenvalue weighted by atomic mass is 16.5. The topological polar surface area (TPSA) is 55.0 Å². The largest absolute Gasteiger partial charge is 0.367 e. The van der Waals surface area contributed by atoms with Crippen molar-refractivity contribution in [3.05, 3.63) is 27.4 Å². The molecule has 2 rings (SSSR count). The molecule has 106 valence electrons. The van der Waals surface area contributed by atoms with Gasteiger partial charge in [0, 0.05) is 17.9 Å². The Kier molecular flexibility index (Phi) is 4.40. The van der Waals surface area contributed by atoms with Gasteiger partial charge in [0.15, 0.2) is 0 Å². The lowest BCUT2D eigenvalue weighted by Gasteiger charge is -2.36. The van der Waals surface area contributed by atoms with E-state index in [2.05, 4.69) is 9.97 Å². The predicted molar refractivity (Wildman–Crippen MR) is 75.4 cm³/mol. The summed E-state index contributed by atoms with van der Waals surface area (Å²) >= 11 is 0. The van der Waals surface area contributed by atoms with Crippen molar-refractivity contribution in [2.45, 2.75) is 64.9 Å². The molecule has 1 aromatic rings. The van der Waals surface area contributed by atoms with Gasteiger partial charge in [0.1, 0.15) is 11.4 Å². The zero-order chi connectivity index (χ0) is 13.9. The summed E-state index contributed by atoms with van der Waals surface area (Å²) < 4.78 is 6.01. The maximum atomic E-state index is 12.1. The van der Waals surface area contributed by atoms with Crippen LogP contribution in [-0.4, -0.2) is 16.6 Å². The molecule has 0 spiro atoms. The van der Waals surface area contributed by atoms with Crippen molar-refractivity contribution in [2.75, 3.05) is 6.61 Å². The van der Waals surface area contributed by atoms with Gasteiger partial charge in [0.05, 0.1) is 0 Å². The Hall–Kier alpha value is -1.16. The molecule has 1 aliphatic carbocycles. The highest BCUT2D eigenvalue weighted by Crippen LogP contribution is 2.38. The van der Waals surface area contributed by atoms with Crippen molar-refractivity contribution in [1.29, 1.82) is 0 Å². The monoisotopic (exact) mass is 264 g/mol. The Morgan fingerprint density at radius 1 is 1.26 bits per heavy atom. The van der Waals surface area contributed by atoms with E-state index < -0.39 is 0 Å². The molecule has 1 heterocycles. The van der Waals surface area contributed by atoms with Crippen molar-refractivity contribution in [3.63, 3.8) is 0 Å². The number of hydrogen-bond acceptors (Lipinski definition) is 3. The molecule has 1 N–H and O–H groups in total. The molecule has 19 heavy (non-hydrogen) atoms. The minimum Gasteiger partial charge on any atom is -0.367 e. The van der Waals surface area contributed by atoms with Crippen molar-refractivity contribution in [3.8, 4) is 0 Å². The van der Waals surface area contributed by atoms with Crippen molar-refractivity contribution >= 4 is 0 Å². The molecule has 0 unspecified atom stereocenters. The molecule has 0 aliphatic heterocycles. The van der Waals surface area contributed by atoms with Crippen molar-refractivity contribution in [1.82, 2.24) is 9.97 Å². The number of H-pyrrole nitrogens is 1. The molecule has 0 radical (unpaired) electrons. The zero-order valence-electron chi connectivity index (χ0n) is 12.2. The number of hydrogen-bond donors (Lipinski definition) is 1. The maximum Gasteiger partial charge on any atom is 0.254 e. The van der Waals surface area contributed by atoms with Crippen LogP contribution in [0.1, 0.15) is 63.0 Å². The molecular formula is C15H24N2O2. The van der Waals surface area contributed by atoms with Gasteiger partial charge in [-0.15, -0.1) is 0 Å². The molecule has 0 aromatic carbocycles. The molecule has 1 aliphatic rings. The average molecular weight is 264 g/mol. The second kappa shape index (κ2) is 5.87. The van der Waals surface area contributed by atoms with Gasteiger partial charge in [0.2, 0.25) is 0 Å². The lowest BCUT2D eigenvalue weighted by molar-refractivity contribution is -0.0769. The summed E-state index contributed by atoms with van der Waals surface area (Å²) in [4.78, 5) is 19.7. The summed E-state index contributed by atoms with van der Waals surface area (Å²) in [6.07, 6.45) is 6.14. The quantitative estimate of drug-likeness (QED) is 0.909. The van der Waals surface area contributed by atoms with Crippen LogP contribution in [0.5, 0.6) is 0 Å². The molecular weight excluding hydrogens is 240 g/mol. The molecule has 0 atom stereocenters. The summed E-state index contributed by atoms with van der Waals surface area (Å²) in [5, 5.41) is 0. The van der Waals surface area contributed by atoms with Crippen LogP contribution < -0.4 is 5.56 Å². The third kappa shape index (κ3) is 2.73. The molecule has 1 aromatic heterocycles. The van der Waals surface area contributed by atoms with Crippen LogP contribution >= 0.6 is 0 Å². The van der Waals surface area contributed by atoms with E-state index in [9.17, 15) is 4.79 Å². The average Bonchev–Trinajstić information content (AvgIpc) is 2.40. The number of aromatic nitrogens is 2. The van der Waals surface area contributed by atoms with Crippen LogP contribution in [0, 0.1) is 6.92 Å². The molecule has 1 saturated carbocycles. The number of ether oxygens (including phenoxy) is 1. The van der Waals surface area contributed by atoms with Gasteiger partial charge >= 0.3 is 0 Å². The third-order valence-electron chi connectivity index (χ3n) is 4.09. The summed E-state index contributed by atoms with van der Waals surface area (Å²) in [7, 11) is 0. The first-order valence-corrected chi connectivity index (χ1v) is 7.37. The lowest BCUT2D eigenvalue weighted by Crippen LogP contribution is -2.37. The van der Waals surface area contributed by atoms with Crippen LogP contribution in [0.2, 0.25) is 0 Å². The number of nitrogens with one attached hydrogen (secondary N) is 1. The fourth-order valence-electron chi connectivity index (χ4n) is 3.09. The van der Waals surface area contributed by atoms with Gasteiger partial charge in [-0.25, -0.2) is 4.98 Å². The highest BCUT2D eigenvalue weighted by molar-refractivity contribution is 5.19. The highest BCUT2D eigenvalue weighted by Gasteiger charge is 2.37. The van der Waals surface area contributed by atoms with Gasteiger partial charge < -0.3 is 9.72 Å². The van der Waals surface area contributed by atoms with Crippen LogP contribution in [0.25, 0.3) is 0 Å². The van der Waals surface area contributed by atoms with E-state index in [1.807, 2.05) is 20.8 Å². The normalized spacial score (nSPS) is 18.5. The third-order valence-corrected chi connectivity index (χ3v) is 4.09. The van der Waals surface area contributed by atoms with Gasteiger partial charge in [-0.1, -0.05) is 26.2 Å². The summed E-state index contributed by atoms with van der Waals surface area (Å²) in [5.74, 6) is 0.730. The molecule has 0 bridgehead atoms. The minimum absolute atomic E-state index is 0.00495. The Labute approximate surface area is 114 Å². The van der Waals surface area contributed by atoms with E-state index in [0.29, 0.717) is 6.61 Å². The van der Waals surface area contributed by atoms with Crippen LogP contribution in [0.3, 0.4) is 0 Å². The molecule has 0 amide bonds. The smallest absolute Gasteiger partial charge is 0.254 e. The van der Waals surface area contributed by atoms with E-state index in [4.69, 9.17) is 4.74 Å². The Bertz CT molecular complexity index is 482. The van der Waals surface area contributed by atoms with Crippen LogP contribution in [-0.2, 0) is 16.8 Å². The van der Waals surface area contributed by atoms with Crippen LogP contribution in [0.15, 0.2) is 4.79 Å². The molecule has 4 heteroatoms. The fourth-order valence-corrected chi connectivity index (χ4v) is 3.09. The van der Waals surface area contributed by atoms with E-state index >= 15 is 0 Å². The summed E-state index contributed by atoms with van der Waals surface area (Å²) in [6, 6.07) is 0. The first kappa shape index (κ1) is 14.3. The Morgan fingerprint density at radius 3 is 2.47 bits per heavy atom. The van der Waals surface area contributed by atoms with Gasteiger partial charge in [0.25, 0.3) is 5.56 Å². The molecule has 1 fully saturated rings. The molecule has 4 nitrogen and oxygen atoms in total. The molecule has 0 saturated heterocycles. The zero-order valence-corrected chi connectivity index (χ0v) is 12.2. The van der Waals surface area contributed by atoms with Gasteiger partial charge in [-0.2, -0.15) is 0 Å². The van der Waals surface area contributed by atoms with E-state index in [1.54, 1.807) is 0 Å². The summed E-state index contributed by atoms with van der Waals surface area (Å²) in [6.45, 7) is 6.55. The van der Waals surface area contributed by atoms with Gasteiger partial charge in [-0.05, 0) is 33.1 Å². The van der Waals surface area contributed by atoms with E-state index in [-0.39, 0.29) is 11.2 Å². The lowest BCUT2D eigenvalue weighted by atomic mass is 9.83. The standard InChI is InChI=1S/C15H24N2O2/c1-4-12-11(3)16-14(17-13(12)18)15(19-5-2)9-7-6-8-10-15/h4-10H2,1-3H3,(H,16,17,18). The first-order valence-electron chi connectivity index (χ1n) is 7.37. The van der Waals surface area contributed by atoms with Crippen molar-refractivity contribution < 1.29 is 4.74 Å². The van der Waals surface area contributed by atoms with Crippen molar-refractivity contribution in [2.24, 2.45) is 0 Å². The number of aryl methyl sites for hydroxylation is 1. The SMILES string of the molecule is CCOC1(c2nc(C)c(CC)c(=O)[nH]2)CCCCC1. The first-order chi connectivity index (χ1) is 9.13. The van der Waals surface area contributed by atoms with E-state index in [1.165, 1.54) is 6.42 Å². The second-order valence-electron chi connectivity index (χ2n) is 5.32. The fraction of sp³-hybridized carbons (Fsp3) is 0.733. The Morgan fingerprint density at radius 2 is 1.95 bits per heavy atom. The maximum absolute atomic E-state index is 12.1. The number of rotatable bonds is 4. The summed E-state index contributed by atoms with van der Waals surface area (Å²) in [5.41, 5.74) is 1.25. The van der Waals surface area contributed by atoms with E-state index in [0.717, 1.165) is 49.2 Å². The minimum atomic E-state index is -0.372. The second-order valence-corrected chi connectivity index (χ2v) is 5.32. The number of nitrogens with zero attached hydrogens (tertiary/aromatic N) is 1. The van der Waals surface area contributed by atoms with Crippen LogP contribution in [0.4, 0.5) is 0 Å². The Balaban J connectivity index is 2.45. The number of aromatic amines is 1. The van der Waals surface area contributed by atoms with Gasteiger partial charge in [-0.3, -0.25) is 4.79 Å².